The van der Waals surface area contributed by atoms with Crippen molar-refractivity contribution >= 4 is 6.29 Å². The summed E-state index contributed by atoms with van der Waals surface area (Å²) in [6.45, 7) is 1.94. The number of hydrogen-bond donors (Lipinski definition) is 0. The molecule has 0 unspecified atom stereocenters. The van der Waals surface area contributed by atoms with Crippen molar-refractivity contribution in [2.45, 2.75) is 13.3 Å². The van der Waals surface area contributed by atoms with E-state index in [0.29, 0.717) is 17.7 Å². The molecule has 0 aliphatic rings. The molecule has 0 N–H and O–H groups in total. The third-order valence-electron chi connectivity index (χ3n) is 3.17. The summed E-state index contributed by atoms with van der Waals surface area (Å²) in [5.41, 5.74) is 4.21. The normalized spacial score (nSPS) is 9.85. The minimum Gasteiger partial charge on any atom is -0.496 e. The van der Waals surface area contributed by atoms with Gasteiger partial charge in [0.05, 0.1) is 19.6 Å². The maximum atomic E-state index is 11.3. The molecule has 3 heteroatoms. The molecular weight excluding hydrogens is 250 g/mol. The van der Waals surface area contributed by atoms with E-state index in [1.165, 1.54) is 0 Å². The predicted octanol–water partition coefficient (Wildman–Crippen LogP) is 3.55. The molecular formula is C17H15NO2. The van der Waals surface area contributed by atoms with Gasteiger partial charge in [0.25, 0.3) is 0 Å². The lowest BCUT2D eigenvalue weighted by molar-refractivity contribution is 0.112. The quantitative estimate of drug-likeness (QED) is 0.794. The Morgan fingerprint density at radius 3 is 2.65 bits per heavy atom. The van der Waals surface area contributed by atoms with Crippen molar-refractivity contribution in [2.24, 2.45) is 0 Å². The second-order valence-electron chi connectivity index (χ2n) is 4.58. The molecule has 0 fully saturated rings. The van der Waals surface area contributed by atoms with Crippen molar-refractivity contribution in [3.05, 3.63) is 53.1 Å². The molecule has 0 radical (unpaired) electrons. The fourth-order valence-corrected chi connectivity index (χ4v) is 2.19. The molecule has 100 valence electrons. The fraction of sp³-hybridized carbons (Fsp3) is 0.176. The first-order chi connectivity index (χ1) is 9.69. The lowest BCUT2D eigenvalue weighted by Gasteiger charge is -2.12. The topological polar surface area (TPSA) is 50.1 Å². The number of ether oxygens (including phenoxy) is 1. The highest BCUT2D eigenvalue weighted by molar-refractivity contribution is 5.89. The number of benzene rings is 2. The molecule has 0 saturated carbocycles. The second-order valence-corrected chi connectivity index (χ2v) is 4.58. The average Bonchev–Trinajstić information content (AvgIpc) is 2.47. The fourth-order valence-electron chi connectivity index (χ4n) is 2.19. The highest BCUT2D eigenvalue weighted by atomic mass is 16.5. The van der Waals surface area contributed by atoms with Crippen LogP contribution in [0.2, 0.25) is 0 Å². The summed E-state index contributed by atoms with van der Waals surface area (Å²) >= 11 is 0. The van der Waals surface area contributed by atoms with Crippen LogP contribution in [0.25, 0.3) is 11.1 Å². The minimum atomic E-state index is 0.333. The van der Waals surface area contributed by atoms with E-state index in [2.05, 4.69) is 6.07 Å². The SMILES string of the molecule is COc1ccc(CC#N)cc1-c1ccc(C)cc1C=O. The average molecular weight is 265 g/mol. The first kappa shape index (κ1) is 13.8. The number of aryl methyl sites for hydroxylation is 1. The Morgan fingerprint density at radius 1 is 1.20 bits per heavy atom. The predicted molar refractivity (Wildman–Crippen MR) is 77.9 cm³/mol. The largest absolute Gasteiger partial charge is 0.496 e. The van der Waals surface area contributed by atoms with Crippen molar-refractivity contribution in [1.29, 1.82) is 5.26 Å². The summed E-state index contributed by atoms with van der Waals surface area (Å²) in [7, 11) is 1.59. The van der Waals surface area contributed by atoms with Crippen molar-refractivity contribution in [2.75, 3.05) is 7.11 Å². The zero-order valence-electron chi connectivity index (χ0n) is 11.5. The number of nitriles is 1. The number of carbonyl (C=O) groups is 1. The van der Waals surface area contributed by atoms with Crippen LogP contribution in [-0.2, 0) is 6.42 Å². The molecule has 2 aromatic carbocycles. The lowest BCUT2D eigenvalue weighted by Crippen LogP contribution is -1.94. The highest BCUT2D eigenvalue weighted by Crippen LogP contribution is 2.33. The molecule has 0 atom stereocenters. The number of nitrogens with zero attached hydrogens (tertiary/aromatic N) is 1. The minimum absolute atomic E-state index is 0.333. The van der Waals surface area contributed by atoms with E-state index in [-0.39, 0.29) is 0 Å². The van der Waals surface area contributed by atoms with Crippen LogP contribution in [0.5, 0.6) is 5.75 Å². The molecule has 0 heterocycles. The van der Waals surface area contributed by atoms with E-state index >= 15 is 0 Å². The zero-order valence-corrected chi connectivity index (χ0v) is 11.5. The van der Waals surface area contributed by atoms with Crippen molar-refractivity contribution in [3.8, 4) is 22.9 Å². The number of aldehydes is 1. The van der Waals surface area contributed by atoms with E-state index in [1.54, 1.807) is 7.11 Å². The van der Waals surface area contributed by atoms with Crippen LogP contribution in [0.3, 0.4) is 0 Å². The standard InChI is InChI=1S/C17H15NO2/c1-12-3-5-15(14(9-12)11-19)16-10-13(7-8-18)4-6-17(16)20-2/h3-6,9-11H,7H2,1-2H3. The Balaban J connectivity index is 2.64. The molecule has 0 aliphatic heterocycles. The van der Waals surface area contributed by atoms with Gasteiger partial charge < -0.3 is 4.74 Å². The molecule has 2 rings (SSSR count). The molecule has 0 bridgehead atoms. The maximum Gasteiger partial charge on any atom is 0.150 e. The molecule has 20 heavy (non-hydrogen) atoms. The van der Waals surface area contributed by atoms with Gasteiger partial charge in [-0.25, -0.2) is 0 Å². The van der Waals surface area contributed by atoms with E-state index in [1.807, 2.05) is 43.3 Å². The third-order valence-corrected chi connectivity index (χ3v) is 3.17. The van der Waals surface area contributed by atoms with Gasteiger partial charge in [-0.2, -0.15) is 5.26 Å². The van der Waals surface area contributed by atoms with Crippen LogP contribution < -0.4 is 4.74 Å². The Bertz CT molecular complexity index is 684. The summed E-state index contributed by atoms with van der Waals surface area (Å²) in [4.78, 5) is 11.3. The van der Waals surface area contributed by atoms with Gasteiger partial charge in [0.2, 0.25) is 0 Å². The first-order valence-electron chi connectivity index (χ1n) is 6.29. The van der Waals surface area contributed by atoms with Gasteiger partial charge in [-0.3, -0.25) is 4.79 Å². The van der Waals surface area contributed by atoms with E-state index in [4.69, 9.17) is 10.00 Å². The van der Waals surface area contributed by atoms with Crippen LogP contribution >= 0.6 is 0 Å². The van der Waals surface area contributed by atoms with Crippen molar-refractivity contribution in [3.63, 3.8) is 0 Å². The Labute approximate surface area is 118 Å². The summed E-state index contributed by atoms with van der Waals surface area (Å²) in [6.07, 6.45) is 1.18. The Morgan fingerprint density at radius 2 is 2.00 bits per heavy atom. The number of carbonyl (C=O) groups excluding carboxylic acids is 1. The molecule has 0 spiro atoms. The number of methoxy groups -OCH3 is 1. The van der Waals surface area contributed by atoms with E-state index in [9.17, 15) is 4.79 Å². The van der Waals surface area contributed by atoms with Crippen LogP contribution in [0.15, 0.2) is 36.4 Å². The zero-order chi connectivity index (χ0) is 14.5. The van der Waals surface area contributed by atoms with Gasteiger partial charge in [-0.05, 0) is 36.2 Å². The first-order valence-corrected chi connectivity index (χ1v) is 6.29. The second kappa shape index (κ2) is 6.03. The van der Waals surface area contributed by atoms with Crippen LogP contribution in [0.1, 0.15) is 21.5 Å². The molecule has 3 nitrogen and oxygen atoms in total. The number of hydrogen-bond acceptors (Lipinski definition) is 3. The molecule has 0 aromatic heterocycles. The van der Waals surface area contributed by atoms with Gasteiger partial charge in [0.1, 0.15) is 5.75 Å². The van der Waals surface area contributed by atoms with Crippen molar-refractivity contribution < 1.29 is 9.53 Å². The maximum absolute atomic E-state index is 11.3. The van der Waals surface area contributed by atoms with Gasteiger partial charge in [0.15, 0.2) is 6.29 Å². The highest BCUT2D eigenvalue weighted by Gasteiger charge is 2.11. The smallest absolute Gasteiger partial charge is 0.150 e. The summed E-state index contributed by atoms with van der Waals surface area (Å²) in [6, 6.07) is 13.4. The Kier molecular flexibility index (Phi) is 4.17. The molecule has 0 aliphatic carbocycles. The van der Waals surface area contributed by atoms with Crippen LogP contribution in [-0.4, -0.2) is 13.4 Å². The molecule has 2 aromatic rings. The van der Waals surface area contributed by atoms with Crippen LogP contribution in [0.4, 0.5) is 0 Å². The van der Waals surface area contributed by atoms with Gasteiger partial charge in [0, 0.05) is 11.1 Å². The number of rotatable bonds is 4. The summed E-state index contributed by atoms with van der Waals surface area (Å²) in [5, 5.41) is 8.81. The third kappa shape index (κ3) is 2.70. The van der Waals surface area contributed by atoms with Gasteiger partial charge in [-0.15, -0.1) is 0 Å². The Hall–Kier alpha value is -2.60. The molecule has 0 amide bonds. The van der Waals surface area contributed by atoms with Gasteiger partial charge >= 0.3 is 0 Å². The molecule has 0 saturated heterocycles. The van der Waals surface area contributed by atoms with E-state index in [0.717, 1.165) is 28.5 Å². The summed E-state index contributed by atoms with van der Waals surface area (Å²) in [5.74, 6) is 0.693. The lowest BCUT2D eigenvalue weighted by atomic mass is 9.95. The van der Waals surface area contributed by atoms with Gasteiger partial charge in [-0.1, -0.05) is 23.8 Å². The van der Waals surface area contributed by atoms with Crippen molar-refractivity contribution in [1.82, 2.24) is 0 Å². The summed E-state index contributed by atoms with van der Waals surface area (Å²) < 4.78 is 5.36. The van der Waals surface area contributed by atoms with E-state index < -0.39 is 0 Å². The van der Waals surface area contributed by atoms with Crippen LogP contribution in [0, 0.1) is 18.3 Å². The monoisotopic (exact) mass is 265 g/mol.